The van der Waals surface area contributed by atoms with Crippen LogP contribution in [-0.4, -0.2) is 17.7 Å². The Balaban J connectivity index is 2.45. The van der Waals surface area contributed by atoms with Gasteiger partial charge < -0.3 is 9.84 Å². The van der Waals surface area contributed by atoms with Crippen LogP contribution in [0, 0.1) is 0 Å². The van der Waals surface area contributed by atoms with Gasteiger partial charge in [0.25, 0.3) is 0 Å². The van der Waals surface area contributed by atoms with Crippen LogP contribution in [0.15, 0.2) is 42.5 Å². The lowest BCUT2D eigenvalue weighted by Crippen LogP contribution is -2.07. The van der Waals surface area contributed by atoms with Crippen molar-refractivity contribution in [3.05, 3.63) is 48.0 Å². The average molecular weight is 234 g/mol. The lowest BCUT2D eigenvalue weighted by atomic mass is 9.99. The lowest BCUT2D eigenvalue weighted by molar-refractivity contribution is -0.143. The van der Waals surface area contributed by atoms with Crippen LogP contribution in [0.25, 0.3) is 0 Å². The molecule has 17 heavy (non-hydrogen) atoms. The SMILES string of the molecule is C=C(CCC(=O)OCC)C(O)c1ccccc1. The Labute approximate surface area is 102 Å². The highest BCUT2D eigenvalue weighted by molar-refractivity contribution is 5.69. The van der Waals surface area contributed by atoms with Gasteiger partial charge in [-0.2, -0.15) is 0 Å². The first-order valence-electron chi connectivity index (χ1n) is 5.71. The predicted molar refractivity (Wildman–Crippen MR) is 66.4 cm³/mol. The van der Waals surface area contributed by atoms with Gasteiger partial charge in [-0.3, -0.25) is 4.79 Å². The minimum atomic E-state index is -0.717. The molecule has 0 bridgehead atoms. The van der Waals surface area contributed by atoms with Gasteiger partial charge in [0, 0.05) is 6.42 Å². The molecule has 0 aliphatic rings. The van der Waals surface area contributed by atoms with E-state index in [2.05, 4.69) is 6.58 Å². The number of esters is 1. The minimum Gasteiger partial charge on any atom is -0.466 e. The van der Waals surface area contributed by atoms with Gasteiger partial charge in [-0.15, -0.1) is 0 Å². The van der Waals surface area contributed by atoms with Crippen LogP contribution in [0.1, 0.15) is 31.4 Å². The van der Waals surface area contributed by atoms with E-state index in [-0.39, 0.29) is 12.4 Å². The Bertz CT molecular complexity index is 370. The van der Waals surface area contributed by atoms with Crippen molar-refractivity contribution in [2.75, 3.05) is 6.61 Å². The van der Waals surface area contributed by atoms with Crippen LogP contribution in [0.3, 0.4) is 0 Å². The molecule has 1 unspecified atom stereocenters. The molecule has 3 nitrogen and oxygen atoms in total. The zero-order valence-corrected chi connectivity index (χ0v) is 10.1. The first-order valence-corrected chi connectivity index (χ1v) is 5.71. The maximum Gasteiger partial charge on any atom is 0.306 e. The highest BCUT2D eigenvalue weighted by Crippen LogP contribution is 2.23. The molecule has 0 heterocycles. The van der Waals surface area contributed by atoms with E-state index in [0.717, 1.165) is 5.56 Å². The molecule has 1 aromatic carbocycles. The molecule has 1 rings (SSSR count). The molecule has 0 amide bonds. The monoisotopic (exact) mass is 234 g/mol. The van der Waals surface area contributed by atoms with Crippen molar-refractivity contribution < 1.29 is 14.6 Å². The summed E-state index contributed by atoms with van der Waals surface area (Å²) in [6, 6.07) is 9.27. The normalized spacial score (nSPS) is 11.9. The number of ether oxygens (including phenoxy) is 1. The molecule has 1 atom stereocenters. The molecule has 3 heteroatoms. The zero-order valence-electron chi connectivity index (χ0n) is 10.1. The molecule has 0 aliphatic carbocycles. The molecule has 92 valence electrons. The van der Waals surface area contributed by atoms with Crippen LogP contribution in [-0.2, 0) is 9.53 Å². The summed E-state index contributed by atoms with van der Waals surface area (Å²) in [5.41, 5.74) is 1.42. The third kappa shape index (κ3) is 4.41. The number of carbonyl (C=O) groups excluding carboxylic acids is 1. The molecular formula is C14H18O3. The molecule has 1 N–H and O–H groups in total. The molecule has 0 radical (unpaired) electrons. The fourth-order valence-corrected chi connectivity index (χ4v) is 1.50. The van der Waals surface area contributed by atoms with Crippen LogP contribution < -0.4 is 0 Å². The Morgan fingerprint density at radius 3 is 2.59 bits per heavy atom. The topological polar surface area (TPSA) is 46.5 Å². The molecule has 0 aromatic heterocycles. The second kappa shape index (κ2) is 6.86. The number of hydrogen-bond donors (Lipinski definition) is 1. The van der Waals surface area contributed by atoms with E-state index in [1.54, 1.807) is 6.92 Å². The van der Waals surface area contributed by atoms with Gasteiger partial charge in [-0.05, 0) is 24.5 Å². The van der Waals surface area contributed by atoms with E-state index < -0.39 is 6.10 Å². The van der Waals surface area contributed by atoms with Crippen molar-refractivity contribution in [2.24, 2.45) is 0 Å². The van der Waals surface area contributed by atoms with Crippen molar-refractivity contribution in [1.29, 1.82) is 0 Å². The van der Waals surface area contributed by atoms with E-state index in [9.17, 15) is 9.90 Å². The third-order valence-corrected chi connectivity index (χ3v) is 2.46. The highest BCUT2D eigenvalue weighted by Gasteiger charge is 2.12. The Morgan fingerprint density at radius 1 is 1.35 bits per heavy atom. The van der Waals surface area contributed by atoms with Gasteiger partial charge >= 0.3 is 5.97 Å². The molecule has 0 fully saturated rings. The largest absolute Gasteiger partial charge is 0.466 e. The van der Waals surface area contributed by atoms with Crippen molar-refractivity contribution in [3.63, 3.8) is 0 Å². The standard InChI is InChI=1S/C14H18O3/c1-3-17-13(15)10-9-11(2)14(16)12-7-5-4-6-8-12/h4-8,14,16H,2-3,9-10H2,1H3. The Kier molecular flexibility index (Phi) is 5.43. The Hall–Kier alpha value is -1.61. The molecule has 1 aromatic rings. The molecule has 0 aliphatic heterocycles. The fraction of sp³-hybridized carbons (Fsp3) is 0.357. The molecule has 0 saturated heterocycles. The van der Waals surface area contributed by atoms with Crippen molar-refractivity contribution in [1.82, 2.24) is 0 Å². The first-order chi connectivity index (χ1) is 8.15. The number of aliphatic hydroxyl groups excluding tert-OH is 1. The van der Waals surface area contributed by atoms with E-state index >= 15 is 0 Å². The van der Waals surface area contributed by atoms with E-state index in [1.807, 2.05) is 30.3 Å². The summed E-state index contributed by atoms with van der Waals surface area (Å²) in [6.45, 7) is 5.96. The second-order valence-corrected chi connectivity index (χ2v) is 3.78. The summed E-state index contributed by atoms with van der Waals surface area (Å²) < 4.78 is 4.82. The predicted octanol–water partition coefficient (Wildman–Crippen LogP) is 2.62. The summed E-state index contributed by atoms with van der Waals surface area (Å²) in [5.74, 6) is -0.256. The summed E-state index contributed by atoms with van der Waals surface area (Å²) in [4.78, 5) is 11.2. The maximum atomic E-state index is 11.2. The minimum absolute atomic E-state index is 0.256. The quantitative estimate of drug-likeness (QED) is 0.608. The van der Waals surface area contributed by atoms with Gasteiger partial charge in [-0.1, -0.05) is 36.9 Å². The number of rotatable bonds is 6. The van der Waals surface area contributed by atoms with Gasteiger partial charge in [0.1, 0.15) is 0 Å². The Morgan fingerprint density at radius 2 is 2.00 bits per heavy atom. The highest BCUT2D eigenvalue weighted by atomic mass is 16.5. The number of carbonyl (C=O) groups is 1. The van der Waals surface area contributed by atoms with Gasteiger partial charge in [0.15, 0.2) is 0 Å². The number of hydrogen-bond acceptors (Lipinski definition) is 3. The van der Waals surface area contributed by atoms with Crippen LogP contribution in [0.2, 0.25) is 0 Å². The summed E-state index contributed by atoms with van der Waals surface area (Å²) in [5, 5.41) is 9.98. The lowest BCUT2D eigenvalue weighted by Gasteiger charge is -2.13. The maximum absolute atomic E-state index is 11.2. The van der Waals surface area contributed by atoms with Gasteiger partial charge in [-0.25, -0.2) is 0 Å². The summed E-state index contributed by atoms with van der Waals surface area (Å²) in [6.07, 6.45) is -0.0172. The zero-order chi connectivity index (χ0) is 12.7. The van der Waals surface area contributed by atoms with Crippen LogP contribution >= 0.6 is 0 Å². The molecule has 0 spiro atoms. The summed E-state index contributed by atoms with van der Waals surface area (Å²) >= 11 is 0. The van der Waals surface area contributed by atoms with E-state index in [0.29, 0.717) is 18.6 Å². The first kappa shape index (κ1) is 13.5. The van der Waals surface area contributed by atoms with Crippen LogP contribution in [0.4, 0.5) is 0 Å². The van der Waals surface area contributed by atoms with Crippen molar-refractivity contribution in [2.45, 2.75) is 25.9 Å². The van der Waals surface area contributed by atoms with Crippen LogP contribution in [0.5, 0.6) is 0 Å². The van der Waals surface area contributed by atoms with Gasteiger partial charge in [0.05, 0.1) is 12.7 Å². The smallest absolute Gasteiger partial charge is 0.306 e. The average Bonchev–Trinajstić information content (AvgIpc) is 2.36. The second-order valence-electron chi connectivity index (χ2n) is 3.78. The van der Waals surface area contributed by atoms with Gasteiger partial charge in [0.2, 0.25) is 0 Å². The third-order valence-electron chi connectivity index (χ3n) is 2.46. The van der Waals surface area contributed by atoms with Crippen molar-refractivity contribution in [3.8, 4) is 0 Å². The summed E-state index contributed by atoms with van der Waals surface area (Å²) in [7, 11) is 0. The van der Waals surface area contributed by atoms with E-state index in [4.69, 9.17) is 4.74 Å². The molecule has 0 saturated carbocycles. The molecular weight excluding hydrogens is 216 g/mol. The number of aliphatic hydroxyl groups is 1. The van der Waals surface area contributed by atoms with E-state index in [1.165, 1.54) is 0 Å². The number of benzene rings is 1. The fourth-order valence-electron chi connectivity index (χ4n) is 1.50. The van der Waals surface area contributed by atoms with Crippen molar-refractivity contribution >= 4 is 5.97 Å².